The number of nitrogens with zero attached hydrogens (tertiary/aromatic N) is 5. The quantitative estimate of drug-likeness (QED) is 0.567. The average molecular weight is 331 g/mol. The van der Waals surface area contributed by atoms with E-state index >= 15 is 0 Å². The van der Waals surface area contributed by atoms with Crippen LogP contribution in [0, 0.1) is 0 Å². The zero-order valence-corrected chi connectivity index (χ0v) is 13.5. The van der Waals surface area contributed by atoms with E-state index in [1.165, 1.54) is 0 Å². The third-order valence-electron chi connectivity index (χ3n) is 3.77. The van der Waals surface area contributed by atoms with Crippen molar-refractivity contribution in [1.29, 1.82) is 0 Å². The van der Waals surface area contributed by atoms with Gasteiger partial charge < -0.3 is 10.3 Å². The van der Waals surface area contributed by atoms with Gasteiger partial charge in [-0.05, 0) is 18.2 Å². The Morgan fingerprint density at radius 1 is 1.08 bits per heavy atom. The molecule has 0 aliphatic rings. The maximum Gasteiger partial charge on any atom is 0.223 e. The molecule has 0 radical (unpaired) electrons. The first-order chi connectivity index (χ1) is 12.4. The van der Waals surface area contributed by atoms with Crippen LogP contribution in [0.4, 0.5) is 5.95 Å². The van der Waals surface area contributed by atoms with E-state index in [-0.39, 0.29) is 0 Å². The molecule has 25 heavy (non-hydrogen) atoms. The van der Waals surface area contributed by atoms with Crippen LogP contribution < -0.4 is 5.32 Å². The third-order valence-corrected chi connectivity index (χ3v) is 3.77. The average Bonchev–Trinajstić information content (AvgIpc) is 3.35. The summed E-state index contributed by atoms with van der Waals surface area (Å²) in [6, 6.07) is 11.9. The number of imidazole rings is 1. The summed E-state index contributed by atoms with van der Waals surface area (Å²) in [5, 5.41) is 7.64. The molecule has 1 aromatic carbocycles. The molecule has 0 saturated heterocycles. The molecule has 2 N–H and O–H groups in total. The van der Waals surface area contributed by atoms with Crippen molar-refractivity contribution in [2.45, 2.75) is 6.42 Å². The van der Waals surface area contributed by atoms with Crippen LogP contribution in [-0.4, -0.2) is 36.3 Å². The second-order valence-corrected chi connectivity index (χ2v) is 5.51. The lowest BCUT2D eigenvalue weighted by Crippen LogP contribution is -2.08. The lowest BCUT2D eigenvalue weighted by molar-refractivity contribution is 0.880. The molecule has 0 amide bonds. The molecule has 0 aliphatic carbocycles. The summed E-state index contributed by atoms with van der Waals surface area (Å²) in [5.74, 6) is 0.598. The normalized spacial score (nSPS) is 10.7. The van der Waals surface area contributed by atoms with Crippen molar-refractivity contribution in [2.24, 2.45) is 0 Å². The van der Waals surface area contributed by atoms with Crippen LogP contribution in [0.25, 0.3) is 16.9 Å². The van der Waals surface area contributed by atoms with Crippen molar-refractivity contribution >= 4 is 5.95 Å². The van der Waals surface area contributed by atoms with Crippen molar-refractivity contribution < 1.29 is 0 Å². The zero-order valence-electron chi connectivity index (χ0n) is 13.5. The molecule has 7 heteroatoms. The zero-order chi connectivity index (χ0) is 16.9. The first-order valence-electron chi connectivity index (χ1n) is 8.03. The van der Waals surface area contributed by atoms with Gasteiger partial charge in [0.25, 0.3) is 0 Å². The van der Waals surface area contributed by atoms with Crippen LogP contribution in [0.2, 0.25) is 0 Å². The summed E-state index contributed by atoms with van der Waals surface area (Å²) < 4.78 is 1.84. The largest absolute Gasteiger partial charge is 0.354 e. The van der Waals surface area contributed by atoms with Gasteiger partial charge in [-0.1, -0.05) is 18.2 Å². The lowest BCUT2D eigenvalue weighted by atomic mass is 10.2. The summed E-state index contributed by atoms with van der Waals surface area (Å²) in [5.41, 5.74) is 3.80. The third kappa shape index (κ3) is 3.55. The molecule has 124 valence electrons. The molecule has 0 aliphatic heterocycles. The smallest absolute Gasteiger partial charge is 0.223 e. The molecule has 3 heterocycles. The van der Waals surface area contributed by atoms with Gasteiger partial charge in [0.15, 0.2) is 0 Å². The minimum atomic E-state index is 0.598. The van der Waals surface area contributed by atoms with Crippen molar-refractivity contribution in [1.82, 2.24) is 29.7 Å². The van der Waals surface area contributed by atoms with Crippen LogP contribution in [0.1, 0.15) is 5.69 Å². The Balaban J connectivity index is 1.47. The van der Waals surface area contributed by atoms with E-state index in [0.29, 0.717) is 5.95 Å². The summed E-state index contributed by atoms with van der Waals surface area (Å²) >= 11 is 0. The van der Waals surface area contributed by atoms with Gasteiger partial charge in [0.1, 0.15) is 0 Å². The molecule has 0 saturated carbocycles. The molecule has 0 unspecified atom stereocenters. The summed E-state index contributed by atoms with van der Waals surface area (Å²) in [6.07, 6.45) is 9.89. The Morgan fingerprint density at radius 2 is 2.00 bits per heavy atom. The number of hydrogen-bond acceptors (Lipinski definition) is 5. The first-order valence-corrected chi connectivity index (χ1v) is 8.03. The van der Waals surface area contributed by atoms with Crippen LogP contribution in [0.15, 0.2) is 67.5 Å². The lowest BCUT2D eigenvalue weighted by Gasteiger charge is -2.04. The Kier molecular flexibility index (Phi) is 4.20. The van der Waals surface area contributed by atoms with E-state index in [1.807, 2.05) is 59.7 Å². The minimum Gasteiger partial charge on any atom is -0.354 e. The monoisotopic (exact) mass is 331 g/mol. The number of rotatable bonds is 6. The van der Waals surface area contributed by atoms with Gasteiger partial charge in [0.2, 0.25) is 5.95 Å². The maximum absolute atomic E-state index is 4.57. The molecule has 0 atom stereocenters. The topological polar surface area (TPSA) is 84.3 Å². The van der Waals surface area contributed by atoms with Gasteiger partial charge in [-0.2, -0.15) is 5.10 Å². The van der Waals surface area contributed by atoms with Crippen LogP contribution in [0.3, 0.4) is 0 Å². The number of aromatic nitrogens is 6. The minimum absolute atomic E-state index is 0.598. The summed E-state index contributed by atoms with van der Waals surface area (Å²) in [6.45, 7) is 0.720. The number of aromatic amines is 1. The first kappa shape index (κ1) is 15.1. The molecule has 0 fully saturated rings. The molecule has 0 bridgehead atoms. The summed E-state index contributed by atoms with van der Waals surface area (Å²) in [7, 11) is 0. The number of benzene rings is 1. The highest BCUT2D eigenvalue weighted by molar-refractivity contribution is 5.58. The second-order valence-electron chi connectivity index (χ2n) is 5.51. The highest BCUT2D eigenvalue weighted by Crippen LogP contribution is 2.18. The predicted molar refractivity (Wildman–Crippen MR) is 95.4 cm³/mol. The van der Waals surface area contributed by atoms with Gasteiger partial charge in [-0.25, -0.2) is 19.6 Å². The standard InChI is InChI=1S/C18H17N7/c1-2-4-16(5-3-1)25-12-14(10-23-25)17-7-9-21-18(24-17)20-8-6-15-11-19-13-22-15/h1-5,7,9-13H,6,8H2,(H,19,22)(H,20,21,24). The summed E-state index contributed by atoms with van der Waals surface area (Å²) in [4.78, 5) is 16.0. The van der Waals surface area contributed by atoms with E-state index < -0.39 is 0 Å². The van der Waals surface area contributed by atoms with Crippen molar-refractivity contribution in [3.05, 3.63) is 73.2 Å². The molecule has 4 rings (SSSR count). The van der Waals surface area contributed by atoms with Gasteiger partial charge in [0.05, 0.1) is 29.6 Å². The fourth-order valence-corrected chi connectivity index (χ4v) is 2.51. The fraction of sp³-hybridized carbons (Fsp3) is 0.111. The van der Waals surface area contributed by atoms with Crippen LogP contribution in [-0.2, 0) is 6.42 Å². The van der Waals surface area contributed by atoms with Gasteiger partial charge in [0, 0.05) is 37.1 Å². The van der Waals surface area contributed by atoms with E-state index in [2.05, 4.69) is 30.4 Å². The van der Waals surface area contributed by atoms with Gasteiger partial charge >= 0.3 is 0 Å². The Labute approximate surface area is 144 Å². The van der Waals surface area contributed by atoms with E-state index in [1.54, 1.807) is 12.5 Å². The molecule has 7 nitrogen and oxygen atoms in total. The highest BCUT2D eigenvalue weighted by Gasteiger charge is 2.06. The maximum atomic E-state index is 4.57. The molecule has 4 aromatic rings. The van der Waals surface area contributed by atoms with Crippen molar-refractivity contribution in [3.8, 4) is 16.9 Å². The van der Waals surface area contributed by atoms with Crippen LogP contribution in [0.5, 0.6) is 0 Å². The fourth-order valence-electron chi connectivity index (χ4n) is 2.51. The van der Waals surface area contributed by atoms with Gasteiger partial charge in [-0.3, -0.25) is 0 Å². The van der Waals surface area contributed by atoms with Gasteiger partial charge in [-0.15, -0.1) is 0 Å². The Hall–Kier alpha value is -3.48. The molecule has 0 spiro atoms. The van der Waals surface area contributed by atoms with E-state index in [4.69, 9.17) is 0 Å². The van der Waals surface area contributed by atoms with E-state index in [0.717, 1.165) is 35.6 Å². The molecular formula is C18H17N7. The number of para-hydroxylation sites is 1. The number of H-pyrrole nitrogens is 1. The number of nitrogens with one attached hydrogen (secondary N) is 2. The highest BCUT2D eigenvalue weighted by atomic mass is 15.3. The van der Waals surface area contributed by atoms with Crippen molar-refractivity contribution in [2.75, 3.05) is 11.9 Å². The Bertz CT molecular complexity index is 929. The van der Waals surface area contributed by atoms with Crippen molar-refractivity contribution in [3.63, 3.8) is 0 Å². The van der Waals surface area contributed by atoms with E-state index in [9.17, 15) is 0 Å². The second kappa shape index (κ2) is 6.96. The number of anilines is 1. The predicted octanol–water partition coefficient (Wildman–Crippen LogP) is 2.71. The molecule has 3 aromatic heterocycles. The Morgan fingerprint density at radius 3 is 2.84 bits per heavy atom. The number of hydrogen-bond donors (Lipinski definition) is 2. The SMILES string of the molecule is c1ccc(-n2cc(-c3ccnc(NCCc4c[nH]cn4)n3)cn2)cc1. The molecular weight excluding hydrogens is 314 g/mol. The van der Waals surface area contributed by atoms with Crippen LogP contribution >= 0.6 is 0 Å².